The van der Waals surface area contributed by atoms with Crippen molar-refractivity contribution in [3.63, 3.8) is 0 Å². The zero-order valence-corrected chi connectivity index (χ0v) is 18.7. The van der Waals surface area contributed by atoms with Crippen LogP contribution in [0, 0.1) is 5.82 Å². The molecule has 0 saturated carbocycles. The minimum Gasteiger partial charge on any atom is -0.368 e. The van der Waals surface area contributed by atoms with Crippen LogP contribution in [0.25, 0.3) is 0 Å². The number of hydrogen-bond acceptors (Lipinski definition) is 4. The van der Waals surface area contributed by atoms with Crippen LogP contribution in [0.2, 0.25) is 0 Å². The van der Waals surface area contributed by atoms with E-state index in [1.54, 1.807) is 12.1 Å². The van der Waals surface area contributed by atoms with Gasteiger partial charge in [0.05, 0.1) is 0 Å². The van der Waals surface area contributed by atoms with E-state index in [2.05, 4.69) is 9.89 Å². The Labute approximate surface area is 193 Å². The lowest BCUT2D eigenvalue weighted by Gasteiger charge is -2.36. The topological polar surface area (TPSA) is 53.0 Å². The van der Waals surface area contributed by atoms with E-state index in [-0.39, 0.29) is 24.1 Å². The van der Waals surface area contributed by atoms with Crippen LogP contribution in [-0.2, 0) is 11.2 Å². The highest BCUT2D eigenvalue weighted by Crippen LogP contribution is 2.30. The average molecular weight is 446 g/mol. The molecule has 2 aliphatic heterocycles. The van der Waals surface area contributed by atoms with Gasteiger partial charge in [0, 0.05) is 55.1 Å². The molecule has 1 aliphatic carbocycles. The summed E-state index contributed by atoms with van der Waals surface area (Å²) in [5, 5.41) is 0. The summed E-state index contributed by atoms with van der Waals surface area (Å²) in [4.78, 5) is 34.1. The van der Waals surface area contributed by atoms with Crippen LogP contribution in [0.3, 0.4) is 0 Å². The van der Waals surface area contributed by atoms with Gasteiger partial charge in [-0.2, -0.15) is 0 Å². The van der Waals surface area contributed by atoms with Crippen LogP contribution in [0.15, 0.2) is 64.7 Å². The SMILES string of the molecule is O=C1CN=C(Cc2cccc(C(=O)N3CCN(c4ccc(F)cc4)CC3)c2)C2=C1CCCC2. The van der Waals surface area contributed by atoms with E-state index in [9.17, 15) is 14.0 Å². The molecule has 1 fully saturated rings. The molecule has 1 saturated heterocycles. The van der Waals surface area contributed by atoms with Crippen molar-refractivity contribution in [3.05, 3.63) is 76.6 Å². The zero-order chi connectivity index (χ0) is 22.8. The summed E-state index contributed by atoms with van der Waals surface area (Å²) in [6.45, 7) is 2.96. The van der Waals surface area contributed by atoms with Gasteiger partial charge < -0.3 is 9.80 Å². The minimum atomic E-state index is -0.241. The number of dihydropyridines is 1. The maximum atomic E-state index is 13.2. The molecule has 0 aromatic heterocycles. The fourth-order valence-electron chi connectivity index (χ4n) is 5.06. The third kappa shape index (κ3) is 4.61. The number of piperazine rings is 1. The van der Waals surface area contributed by atoms with E-state index in [1.165, 1.54) is 12.1 Å². The molecule has 0 N–H and O–H groups in total. The first kappa shape index (κ1) is 21.6. The Kier molecular flexibility index (Phi) is 6.07. The number of carbonyl (C=O) groups is 2. The van der Waals surface area contributed by atoms with Gasteiger partial charge in [-0.1, -0.05) is 12.1 Å². The van der Waals surface area contributed by atoms with Crippen LogP contribution in [0.4, 0.5) is 10.1 Å². The molecule has 1 amide bonds. The zero-order valence-electron chi connectivity index (χ0n) is 18.7. The molecule has 0 spiro atoms. The smallest absolute Gasteiger partial charge is 0.253 e. The molecule has 0 atom stereocenters. The van der Waals surface area contributed by atoms with E-state index in [0.717, 1.165) is 66.9 Å². The van der Waals surface area contributed by atoms with Crippen LogP contribution in [-0.4, -0.2) is 55.0 Å². The van der Waals surface area contributed by atoms with Crippen molar-refractivity contribution in [2.24, 2.45) is 4.99 Å². The van der Waals surface area contributed by atoms with Crippen LogP contribution >= 0.6 is 0 Å². The van der Waals surface area contributed by atoms with Gasteiger partial charge in [-0.25, -0.2) is 4.39 Å². The minimum absolute atomic E-state index is 0.0361. The van der Waals surface area contributed by atoms with Gasteiger partial charge in [-0.05, 0) is 73.2 Å². The van der Waals surface area contributed by atoms with Crippen LogP contribution in [0.5, 0.6) is 0 Å². The highest BCUT2D eigenvalue weighted by atomic mass is 19.1. The first-order chi connectivity index (χ1) is 16.1. The molecule has 33 heavy (non-hydrogen) atoms. The molecule has 2 aromatic rings. The first-order valence-electron chi connectivity index (χ1n) is 11.8. The Morgan fingerprint density at radius 3 is 2.42 bits per heavy atom. The quantitative estimate of drug-likeness (QED) is 0.708. The highest BCUT2D eigenvalue weighted by Gasteiger charge is 2.26. The van der Waals surface area contributed by atoms with Gasteiger partial charge in [0.25, 0.3) is 5.91 Å². The van der Waals surface area contributed by atoms with Crippen molar-refractivity contribution < 1.29 is 14.0 Å². The second kappa shape index (κ2) is 9.30. The first-order valence-corrected chi connectivity index (χ1v) is 11.8. The average Bonchev–Trinajstić information content (AvgIpc) is 2.86. The fraction of sp³-hybridized carbons (Fsp3) is 0.370. The van der Waals surface area contributed by atoms with Gasteiger partial charge in [0.1, 0.15) is 12.4 Å². The maximum Gasteiger partial charge on any atom is 0.253 e. The standard InChI is InChI=1S/C27H28FN3O2/c28-21-8-10-22(11-9-21)30-12-14-31(15-13-30)27(33)20-5-3-4-19(16-20)17-25-23-6-1-2-7-24(23)26(32)18-29-25/h3-5,8-11,16H,1-2,6-7,12-15,17-18H2. The molecular weight excluding hydrogens is 417 g/mol. The van der Waals surface area contributed by atoms with E-state index in [1.807, 2.05) is 29.2 Å². The largest absolute Gasteiger partial charge is 0.368 e. The number of carbonyl (C=O) groups excluding carboxylic acids is 2. The summed E-state index contributed by atoms with van der Waals surface area (Å²) in [7, 11) is 0. The van der Waals surface area contributed by atoms with Crippen molar-refractivity contribution in [2.45, 2.75) is 32.1 Å². The van der Waals surface area contributed by atoms with Crippen molar-refractivity contribution >= 4 is 23.1 Å². The van der Waals surface area contributed by atoms with Gasteiger partial charge in [-0.3, -0.25) is 14.6 Å². The van der Waals surface area contributed by atoms with Crippen molar-refractivity contribution in [3.8, 4) is 0 Å². The number of benzene rings is 2. The number of hydrogen-bond donors (Lipinski definition) is 0. The molecule has 0 radical (unpaired) electrons. The Morgan fingerprint density at radius 2 is 1.67 bits per heavy atom. The Balaban J connectivity index is 1.25. The van der Waals surface area contributed by atoms with Crippen molar-refractivity contribution in [1.29, 1.82) is 0 Å². The summed E-state index contributed by atoms with van der Waals surface area (Å²) >= 11 is 0. The lowest BCUT2D eigenvalue weighted by Crippen LogP contribution is -2.48. The number of Topliss-reactive ketones (excluding diaryl/α,β-unsaturated/α-hetero) is 1. The summed E-state index contributed by atoms with van der Waals surface area (Å²) < 4.78 is 13.2. The second-order valence-electron chi connectivity index (χ2n) is 8.98. The normalized spacial score (nSPS) is 18.8. The summed E-state index contributed by atoms with van der Waals surface area (Å²) in [6.07, 6.45) is 4.64. The number of halogens is 1. The van der Waals surface area contributed by atoms with E-state index >= 15 is 0 Å². The predicted molar refractivity (Wildman–Crippen MR) is 127 cm³/mol. The molecule has 0 bridgehead atoms. The molecule has 5 rings (SSSR count). The predicted octanol–water partition coefficient (Wildman–Crippen LogP) is 4.22. The summed E-state index contributed by atoms with van der Waals surface area (Å²) in [6, 6.07) is 14.3. The van der Waals surface area contributed by atoms with Crippen LogP contribution < -0.4 is 4.90 Å². The number of amides is 1. The van der Waals surface area contributed by atoms with Gasteiger partial charge in [-0.15, -0.1) is 0 Å². The molecule has 5 nitrogen and oxygen atoms in total. The maximum absolute atomic E-state index is 13.2. The van der Waals surface area contributed by atoms with E-state index in [0.29, 0.717) is 25.1 Å². The monoisotopic (exact) mass is 445 g/mol. The Hall–Kier alpha value is -3.28. The molecule has 3 aliphatic rings. The van der Waals surface area contributed by atoms with E-state index in [4.69, 9.17) is 0 Å². The summed E-state index contributed by atoms with van der Waals surface area (Å²) in [5.74, 6) is -0.0275. The van der Waals surface area contributed by atoms with Crippen molar-refractivity contribution in [1.82, 2.24) is 4.90 Å². The van der Waals surface area contributed by atoms with E-state index < -0.39 is 0 Å². The lowest BCUT2D eigenvalue weighted by atomic mass is 9.83. The number of aliphatic imine (C=N–C) groups is 1. The molecule has 2 heterocycles. The fourth-order valence-corrected chi connectivity index (χ4v) is 5.06. The number of anilines is 1. The molecule has 0 unspecified atom stereocenters. The van der Waals surface area contributed by atoms with Gasteiger partial charge in [0.2, 0.25) is 0 Å². The Bertz CT molecular complexity index is 1130. The molecule has 2 aromatic carbocycles. The van der Waals surface area contributed by atoms with Gasteiger partial charge in [0.15, 0.2) is 5.78 Å². The summed E-state index contributed by atoms with van der Waals surface area (Å²) in [5.41, 5.74) is 5.86. The number of nitrogens with zero attached hydrogens (tertiary/aromatic N) is 3. The third-order valence-electron chi connectivity index (χ3n) is 6.87. The third-order valence-corrected chi connectivity index (χ3v) is 6.87. The second-order valence-corrected chi connectivity index (χ2v) is 8.98. The van der Waals surface area contributed by atoms with Gasteiger partial charge >= 0.3 is 0 Å². The number of rotatable bonds is 4. The van der Waals surface area contributed by atoms with Crippen LogP contribution in [0.1, 0.15) is 41.6 Å². The Morgan fingerprint density at radius 1 is 0.939 bits per heavy atom. The number of ketones is 1. The molecular formula is C27H28FN3O2. The van der Waals surface area contributed by atoms with Crippen molar-refractivity contribution in [2.75, 3.05) is 37.6 Å². The molecule has 6 heteroatoms. The highest BCUT2D eigenvalue weighted by molar-refractivity contribution is 6.14. The lowest BCUT2D eigenvalue weighted by molar-refractivity contribution is -0.114. The number of allylic oxidation sites excluding steroid dienone is 1. The molecule has 170 valence electrons.